The summed E-state index contributed by atoms with van der Waals surface area (Å²) >= 11 is 1.90. The van der Waals surface area contributed by atoms with Crippen molar-refractivity contribution in [1.29, 1.82) is 0 Å². The second kappa shape index (κ2) is 9.46. The highest BCUT2D eigenvalue weighted by Gasteiger charge is 2.31. The Morgan fingerprint density at radius 3 is 2.89 bits per heavy atom. The van der Waals surface area contributed by atoms with E-state index < -0.39 is 0 Å². The fraction of sp³-hybridized carbons (Fsp3) is 0.550. The maximum absolute atomic E-state index is 13.5. The van der Waals surface area contributed by atoms with E-state index >= 15 is 0 Å². The third kappa shape index (κ3) is 5.17. The Hall–Kier alpha value is -1.73. The van der Waals surface area contributed by atoms with Gasteiger partial charge in [-0.2, -0.15) is 11.8 Å². The van der Waals surface area contributed by atoms with Crippen LogP contribution in [0, 0.1) is 5.82 Å². The van der Waals surface area contributed by atoms with E-state index in [2.05, 4.69) is 28.8 Å². The predicted octanol–water partition coefficient (Wildman–Crippen LogP) is 3.32. The van der Waals surface area contributed by atoms with Gasteiger partial charge in [0.2, 0.25) is 0 Å². The first-order valence-corrected chi connectivity index (χ1v) is 10.8. The molecule has 5 nitrogen and oxygen atoms in total. The lowest BCUT2D eigenvalue weighted by molar-refractivity contribution is 0.0794. The summed E-state index contributed by atoms with van der Waals surface area (Å²) in [5.41, 5.74) is 2.08. The smallest absolute Gasteiger partial charge is 0.191 e. The van der Waals surface area contributed by atoms with Crippen LogP contribution in [0.1, 0.15) is 25.3 Å². The summed E-state index contributed by atoms with van der Waals surface area (Å²) < 4.78 is 19.2. The van der Waals surface area contributed by atoms with E-state index in [1.807, 2.05) is 18.0 Å². The quantitative estimate of drug-likeness (QED) is 0.500. The van der Waals surface area contributed by atoms with Crippen molar-refractivity contribution in [1.82, 2.24) is 15.6 Å². The molecule has 1 aliphatic heterocycles. The number of fused-ring (bicyclic) bond motifs is 1. The molecule has 0 amide bonds. The molecule has 3 N–H and O–H groups in total. The molecular formula is C20H29FN4OS. The Labute approximate surface area is 164 Å². The molecule has 0 atom stereocenters. The van der Waals surface area contributed by atoms with Crippen molar-refractivity contribution in [3.05, 3.63) is 35.8 Å². The molecule has 148 valence electrons. The summed E-state index contributed by atoms with van der Waals surface area (Å²) in [6, 6.07) is 4.85. The van der Waals surface area contributed by atoms with Crippen molar-refractivity contribution >= 4 is 28.6 Å². The third-order valence-corrected chi connectivity index (χ3v) is 6.53. The Morgan fingerprint density at radius 1 is 1.33 bits per heavy atom. The third-order valence-electron chi connectivity index (χ3n) is 5.12. The molecule has 1 fully saturated rings. The maximum atomic E-state index is 13.5. The average Bonchev–Trinajstić information content (AvgIpc) is 3.09. The summed E-state index contributed by atoms with van der Waals surface area (Å²) in [6.45, 7) is 6.04. The molecule has 1 saturated heterocycles. The van der Waals surface area contributed by atoms with Gasteiger partial charge < -0.3 is 20.4 Å². The number of benzene rings is 1. The molecule has 2 aromatic rings. The molecule has 0 bridgehead atoms. The number of aliphatic imine (C=N–C) groups is 1. The number of nitrogens with zero attached hydrogens (tertiary/aromatic N) is 1. The second-order valence-corrected chi connectivity index (χ2v) is 8.15. The summed E-state index contributed by atoms with van der Waals surface area (Å²) in [4.78, 5) is 8.03. The van der Waals surface area contributed by atoms with Crippen LogP contribution in [-0.4, -0.2) is 54.8 Å². The number of H-pyrrole nitrogens is 1. The minimum absolute atomic E-state index is 0.176. The Kier molecular flexibility index (Phi) is 7.01. The fourth-order valence-corrected chi connectivity index (χ4v) is 4.18. The van der Waals surface area contributed by atoms with E-state index in [1.54, 1.807) is 12.1 Å². The first-order chi connectivity index (χ1) is 13.2. The normalized spacial score (nSPS) is 17.2. The van der Waals surface area contributed by atoms with Crippen LogP contribution in [0.25, 0.3) is 10.9 Å². The minimum Gasteiger partial charge on any atom is -0.381 e. The van der Waals surface area contributed by atoms with Gasteiger partial charge in [-0.25, -0.2) is 4.39 Å². The molecule has 0 saturated carbocycles. The standard InChI is InChI=1S/C20H29FN4OS/c1-3-22-19(25-14-20(27-2)7-10-26-11-8-20)23-9-6-15-13-24-18-5-4-16(21)12-17(15)18/h4-5,12-13,24H,3,6-11,14H2,1-2H3,(H2,22,23,25). The first-order valence-electron chi connectivity index (χ1n) is 9.56. The van der Waals surface area contributed by atoms with E-state index in [0.29, 0.717) is 0 Å². The van der Waals surface area contributed by atoms with Gasteiger partial charge in [-0.1, -0.05) is 0 Å². The number of nitrogens with one attached hydrogen (secondary N) is 3. The molecule has 1 aromatic carbocycles. The van der Waals surface area contributed by atoms with Gasteiger partial charge in [0.05, 0.1) is 6.54 Å². The molecule has 0 spiro atoms. The summed E-state index contributed by atoms with van der Waals surface area (Å²) in [5.74, 6) is 0.633. The van der Waals surface area contributed by atoms with Gasteiger partial charge in [-0.3, -0.25) is 4.99 Å². The number of halogens is 1. The lowest BCUT2D eigenvalue weighted by atomic mass is 9.99. The monoisotopic (exact) mass is 392 g/mol. The van der Waals surface area contributed by atoms with Crippen molar-refractivity contribution in [3.8, 4) is 0 Å². The Balaban J connectivity index is 1.59. The van der Waals surface area contributed by atoms with Crippen molar-refractivity contribution in [2.75, 3.05) is 39.1 Å². The molecule has 2 heterocycles. The zero-order valence-electron chi connectivity index (χ0n) is 16.1. The van der Waals surface area contributed by atoms with Crippen LogP contribution in [0.15, 0.2) is 29.4 Å². The van der Waals surface area contributed by atoms with Crippen LogP contribution in [0.2, 0.25) is 0 Å². The number of hydrogen-bond acceptors (Lipinski definition) is 3. The van der Waals surface area contributed by atoms with Gasteiger partial charge in [-0.15, -0.1) is 0 Å². The zero-order valence-corrected chi connectivity index (χ0v) is 16.9. The first kappa shape index (κ1) is 20.0. The van der Waals surface area contributed by atoms with E-state index in [4.69, 9.17) is 9.73 Å². The van der Waals surface area contributed by atoms with E-state index in [9.17, 15) is 4.39 Å². The highest BCUT2D eigenvalue weighted by Crippen LogP contribution is 2.33. The molecule has 0 aliphatic carbocycles. The van der Waals surface area contributed by atoms with Crippen molar-refractivity contribution in [3.63, 3.8) is 0 Å². The van der Waals surface area contributed by atoms with Crippen molar-refractivity contribution in [2.45, 2.75) is 30.9 Å². The highest BCUT2D eigenvalue weighted by molar-refractivity contribution is 8.00. The SMILES string of the molecule is CCNC(=NCC1(SC)CCOCC1)NCCc1c[nH]c2ccc(F)cc12. The zero-order chi connectivity index (χ0) is 19.1. The van der Waals surface area contributed by atoms with Crippen LogP contribution >= 0.6 is 11.8 Å². The number of ether oxygens (including phenoxy) is 1. The van der Waals surface area contributed by atoms with Gasteiger partial charge in [0.1, 0.15) is 5.82 Å². The van der Waals surface area contributed by atoms with Crippen LogP contribution in [0.3, 0.4) is 0 Å². The number of aromatic amines is 1. The molecule has 1 aliphatic rings. The molecular weight excluding hydrogens is 363 g/mol. The molecule has 0 radical (unpaired) electrons. The lowest BCUT2D eigenvalue weighted by Gasteiger charge is -2.34. The number of hydrogen-bond donors (Lipinski definition) is 3. The van der Waals surface area contributed by atoms with Gasteiger partial charge >= 0.3 is 0 Å². The van der Waals surface area contributed by atoms with E-state index in [-0.39, 0.29) is 10.6 Å². The highest BCUT2D eigenvalue weighted by atomic mass is 32.2. The Morgan fingerprint density at radius 2 is 2.15 bits per heavy atom. The number of rotatable bonds is 7. The maximum Gasteiger partial charge on any atom is 0.191 e. The topological polar surface area (TPSA) is 61.4 Å². The Bertz CT molecular complexity index is 770. The van der Waals surface area contributed by atoms with Crippen LogP contribution < -0.4 is 10.6 Å². The minimum atomic E-state index is -0.204. The number of thioether (sulfide) groups is 1. The molecule has 27 heavy (non-hydrogen) atoms. The summed E-state index contributed by atoms with van der Waals surface area (Å²) in [6.07, 6.45) is 7.00. The van der Waals surface area contributed by atoms with E-state index in [0.717, 1.165) is 74.5 Å². The van der Waals surface area contributed by atoms with Gasteiger partial charge in [0, 0.05) is 48.2 Å². The number of aromatic nitrogens is 1. The molecule has 1 aromatic heterocycles. The average molecular weight is 393 g/mol. The molecule has 7 heteroatoms. The van der Waals surface area contributed by atoms with Gasteiger partial charge in [-0.05, 0) is 56.2 Å². The second-order valence-electron chi connectivity index (χ2n) is 6.88. The van der Waals surface area contributed by atoms with Crippen molar-refractivity contribution < 1.29 is 9.13 Å². The molecule has 3 rings (SSSR count). The summed E-state index contributed by atoms with van der Waals surface area (Å²) in [7, 11) is 0. The van der Waals surface area contributed by atoms with Crippen LogP contribution in [0.4, 0.5) is 4.39 Å². The van der Waals surface area contributed by atoms with Crippen LogP contribution in [0.5, 0.6) is 0 Å². The molecule has 0 unspecified atom stereocenters. The van der Waals surface area contributed by atoms with Gasteiger partial charge in [0.15, 0.2) is 5.96 Å². The van der Waals surface area contributed by atoms with Crippen LogP contribution in [-0.2, 0) is 11.2 Å². The predicted molar refractivity (Wildman–Crippen MR) is 112 cm³/mol. The van der Waals surface area contributed by atoms with Gasteiger partial charge in [0.25, 0.3) is 0 Å². The number of guanidine groups is 1. The summed E-state index contributed by atoms with van der Waals surface area (Å²) in [5, 5.41) is 7.68. The van der Waals surface area contributed by atoms with E-state index in [1.165, 1.54) is 6.07 Å². The largest absolute Gasteiger partial charge is 0.381 e. The fourth-order valence-electron chi connectivity index (χ4n) is 3.41. The lowest BCUT2D eigenvalue weighted by Crippen LogP contribution is -2.41. The van der Waals surface area contributed by atoms with Crippen molar-refractivity contribution in [2.24, 2.45) is 4.99 Å².